The lowest BCUT2D eigenvalue weighted by molar-refractivity contribution is -0.118. The van der Waals surface area contributed by atoms with E-state index in [0.29, 0.717) is 22.0 Å². The molecule has 0 heterocycles. The predicted molar refractivity (Wildman–Crippen MR) is 100 cm³/mol. The Morgan fingerprint density at radius 1 is 1.20 bits per heavy atom. The second kappa shape index (κ2) is 7.89. The van der Waals surface area contributed by atoms with Crippen molar-refractivity contribution >= 4 is 45.0 Å². The highest BCUT2D eigenvalue weighted by Gasteiger charge is 2.25. The van der Waals surface area contributed by atoms with Crippen LogP contribution in [0.5, 0.6) is 5.75 Å². The normalized spacial score (nSPS) is 13.2. The van der Waals surface area contributed by atoms with Crippen LogP contribution in [0.3, 0.4) is 0 Å². The van der Waals surface area contributed by atoms with Crippen LogP contribution in [0.25, 0.3) is 0 Å². The summed E-state index contributed by atoms with van der Waals surface area (Å²) in [5, 5.41) is 6.03. The lowest BCUT2D eigenvalue weighted by Gasteiger charge is -2.12. The second-order valence-electron chi connectivity index (χ2n) is 5.70. The zero-order valence-electron chi connectivity index (χ0n) is 13.2. The van der Waals surface area contributed by atoms with Gasteiger partial charge < -0.3 is 15.4 Å². The predicted octanol–water partition coefficient (Wildman–Crippen LogP) is 4.01. The SMILES string of the molecule is O=C(COc1ccc(Br)cc1Cl)Nc1ccccc1C(=O)NC1CC1. The van der Waals surface area contributed by atoms with Crippen LogP contribution in [0.4, 0.5) is 5.69 Å². The molecule has 0 spiro atoms. The van der Waals surface area contributed by atoms with Crippen LogP contribution in [0.2, 0.25) is 5.02 Å². The fourth-order valence-electron chi connectivity index (χ4n) is 2.20. The van der Waals surface area contributed by atoms with Crippen molar-refractivity contribution in [2.75, 3.05) is 11.9 Å². The number of benzene rings is 2. The van der Waals surface area contributed by atoms with Crippen molar-refractivity contribution in [3.63, 3.8) is 0 Å². The molecule has 130 valence electrons. The van der Waals surface area contributed by atoms with Crippen molar-refractivity contribution in [1.29, 1.82) is 0 Å². The van der Waals surface area contributed by atoms with Crippen molar-refractivity contribution in [3.8, 4) is 5.75 Å². The maximum absolute atomic E-state index is 12.2. The summed E-state index contributed by atoms with van der Waals surface area (Å²) in [6.45, 7) is -0.208. The van der Waals surface area contributed by atoms with Crippen molar-refractivity contribution in [2.24, 2.45) is 0 Å². The van der Waals surface area contributed by atoms with Crippen LogP contribution in [-0.2, 0) is 4.79 Å². The van der Waals surface area contributed by atoms with E-state index in [1.807, 2.05) is 0 Å². The number of amides is 2. The van der Waals surface area contributed by atoms with E-state index >= 15 is 0 Å². The molecule has 0 atom stereocenters. The number of ether oxygens (including phenoxy) is 1. The van der Waals surface area contributed by atoms with Gasteiger partial charge in [-0.2, -0.15) is 0 Å². The van der Waals surface area contributed by atoms with E-state index < -0.39 is 0 Å². The van der Waals surface area contributed by atoms with Crippen LogP contribution in [0, 0.1) is 0 Å². The summed E-state index contributed by atoms with van der Waals surface area (Å²) in [5.41, 5.74) is 0.889. The Labute approximate surface area is 158 Å². The minimum absolute atomic E-state index is 0.185. The Morgan fingerprint density at radius 3 is 2.68 bits per heavy atom. The minimum Gasteiger partial charge on any atom is -0.482 e. The number of hydrogen-bond donors (Lipinski definition) is 2. The van der Waals surface area contributed by atoms with E-state index in [0.717, 1.165) is 17.3 Å². The molecule has 2 N–H and O–H groups in total. The summed E-state index contributed by atoms with van der Waals surface area (Å²) in [7, 11) is 0. The van der Waals surface area contributed by atoms with Gasteiger partial charge in [-0.25, -0.2) is 0 Å². The van der Waals surface area contributed by atoms with Gasteiger partial charge >= 0.3 is 0 Å². The Bertz CT molecular complexity index is 809. The van der Waals surface area contributed by atoms with Gasteiger partial charge in [-0.05, 0) is 43.2 Å². The third-order valence-electron chi connectivity index (χ3n) is 3.61. The van der Waals surface area contributed by atoms with Crippen molar-refractivity contribution in [2.45, 2.75) is 18.9 Å². The molecule has 0 radical (unpaired) electrons. The standard InChI is InChI=1S/C18H16BrClN2O3/c19-11-5-8-16(14(20)9-11)25-10-17(23)22-15-4-2-1-3-13(15)18(24)21-12-6-7-12/h1-5,8-9,12H,6-7,10H2,(H,21,24)(H,22,23). The number of anilines is 1. The monoisotopic (exact) mass is 422 g/mol. The van der Waals surface area contributed by atoms with Gasteiger partial charge in [0, 0.05) is 10.5 Å². The number of para-hydroxylation sites is 1. The molecule has 7 heteroatoms. The topological polar surface area (TPSA) is 67.4 Å². The van der Waals surface area contributed by atoms with E-state index in [4.69, 9.17) is 16.3 Å². The van der Waals surface area contributed by atoms with E-state index in [-0.39, 0.29) is 24.5 Å². The summed E-state index contributed by atoms with van der Waals surface area (Å²) >= 11 is 9.36. The Morgan fingerprint density at radius 2 is 1.96 bits per heavy atom. The fourth-order valence-corrected chi connectivity index (χ4v) is 2.93. The lowest BCUT2D eigenvalue weighted by Crippen LogP contribution is -2.28. The van der Waals surface area contributed by atoms with Gasteiger partial charge in [0.25, 0.3) is 11.8 Å². The summed E-state index contributed by atoms with van der Waals surface area (Å²) in [4.78, 5) is 24.4. The molecule has 2 amide bonds. The number of rotatable bonds is 6. The minimum atomic E-state index is -0.370. The van der Waals surface area contributed by atoms with Gasteiger partial charge in [-0.15, -0.1) is 0 Å². The zero-order valence-corrected chi connectivity index (χ0v) is 15.6. The van der Waals surface area contributed by atoms with Crippen LogP contribution in [0.1, 0.15) is 23.2 Å². The molecule has 0 aromatic heterocycles. The maximum Gasteiger partial charge on any atom is 0.262 e. The van der Waals surface area contributed by atoms with Crippen LogP contribution >= 0.6 is 27.5 Å². The number of nitrogens with one attached hydrogen (secondary N) is 2. The van der Waals surface area contributed by atoms with Crippen molar-refractivity contribution in [1.82, 2.24) is 5.32 Å². The third-order valence-corrected chi connectivity index (χ3v) is 4.40. The number of carbonyl (C=O) groups excluding carboxylic acids is 2. The first-order valence-electron chi connectivity index (χ1n) is 7.80. The molecular formula is C18H16BrClN2O3. The molecule has 1 saturated carbocycles. The molecule has 1 aliphatic rings. The molecule has 5 nitrogen and oxygen atoms in total. The third kappa shape index (κ3) is 4.96. The van der Waals surface area contributed by atoms with E-state index in [2.05, 4.69) is 26.6 Å². The van der Waals surface area contributed by atoms with Gasteiger partial charge in [-0.3, -0.25) is 9.59 Å². The highest BCUT2D eigenvalue weighted by atomic mass is 79.9. The van der Waals surface area contributed by atoms with Gasteiger partial charge in [0.15, 0.2) is 6.61 Å². The number of hydrogen-bond acceptors (Lipinski definition) is 3. The molecule has 2 aromatic carbocycles. The highest BCUT2D eigenvalue weighted by Crippen LogP contribution is 2.27. The van der Waals surface area contributed by atoms with Crippen LogP contribution in [-0.4, -0.2) is 24.5 Å². The van der Waals surface area contributed by atoms with E-state index in [1.54, 1.807) is 42.5 Å². The molecule has 2 aromatic rings. The van der Waals surface area contributed by atoms with Crippen molar-refractivity contribution < 1.29 is 14.3 Å². The molecular weight excluding hydrogens is 408 g/mol. The highest BCUT2D eigenvalue weighted by molar-refractivity contribution is 9.10. The molecule has 0 unspecified atom stereocenters. The number of carbonyl (C=O) groups is 2. The molecule has 1 fully saturated rings. The van der Waals surface area contributed by atoms with Gasteiger partial charge in [0.1, 0.15) is 5.75 Å². The van der Waals surface area contributed by atoms with E-state index in [9.17, 15) is 9.59 Å². The van der Waals surface area contributed by atoms with Gasteiger partial charge in [-0.1, -0.05) is 39.7 Å². The second-order valence-corrected chi connectivity index (χ2v) is 7.03. The zero-order chi connectivity index (χ0) is 17.8. The van der Waals surface area contributed by atoms with Crippen molar-refractivity contribution in [3.05, 3.63) is 57.5 Å². The Balaban J connectivity index is 1.61. The fraction of sp³-hybridized carbons (Fsp3) is 0.222. The largest absolute Gasteiger partial charge is 0.482 e. The molecule has 1 aliphatic carbocycles. The first-order valence-corrected chi connectivity index (χ1v) is 8.97. The van der Waals surface area contributed by atoms with Crippen LogP contribution in [0.15, 0.2) is 46.9 Å². The van der Waals surface area contributed by atoms with Crippen LogP contribution < -0.4 is 15.4 Å². The lowest BCUT2D eigenvalue weighted by atomic mass is 10.1. The summed E-state index contributed by atoms with van der Waals surface area (Å²) in [6.07, 6.45) is 2.00. The first-order chi connectivity index (χ1) is 12.0. The molecule has 3 rings (SSSR count). The smallest absolute Gasteiger partial charge is 0.262 e. The average Bonchev–Trinajstić information content (AvgIpc) is 3.38. The summed E-state index contributed by atoms with van der Waals surface area (Å²) in [5.74, 6) is -0.138. The first kappa shape index (κ1) is 17.8. The molecule has 25 heavy (non-hydrogen) atoms. The maximum atomic E-state index is 12.2. The van der Waals surface area contributed by atoms with Gasteiger partial charge in [0.05, 0.1) is 16.3 Å². The quantitative estimate of drug-likeness (QED) is 0.737. The molecule has 0 aliphatic heterocycles. The Kier molecular flexibility index (Phi) is 5.60. The summed E-state index contributed by atoms with van der Waals surface area (Å²) in [6, 6.07) is 12.3. The molecule has 0 saturated heterocycles. The van der Waals surface area contributed by atoms with Gasteiger partial charge in [0.2, 0.25) is 0 Å². The summed E-state index contributed by atoms with van der Waals surface area (Å²) < 4.78 is 6.26. The number of halogens is 2. The Hall–Kier alpha value is -2.05. The average molecular weight is 424 g/mol. The molecule has 0 bridgehead atoms. The van der Waals surface area contributed by atoms with E-state index in [1.165, 1.54) is 0 Å².